The maximum absolute atomic E-state index is 13.0. The number of rotatable bonds is 4. The molecule has 1 aromatic carbocycles. The van der Waals surface area contributed by atoms with Crippen molar-refractivity contribution in [1.82, 2.24) is 4.90 Å². The Balaban J connectivity index is 2.16. The number of amides is 1. The van der Waals surface area contributed by atoms with E-state index in [0.29, 0.717) is 25.5 Å². The number of carbonyl (C=O) groups excluding carboxylic acids is 1. The zero-order valence-corrected chi connectivity index (χ0v) is 15.4. The topological polar surface area (TPSA) is 29.5 Å². The quantitative estimate of drug-likeness (QED) is 0.835. The summed E-state index contributed by atoms with van der Waals surface area (Å²) in [4.78, 5) is 15.0. The van der Waals surface area contributed by atoms with E-state index in [1.165, 1.54) is 11.1 Å². The highest BCUT2D eigenvalue weighted by atomic mass is 16.5. The molecule has 0 aliphatic carbocycles. The minimum Gasteiger partial charge on any atom is -0.374 e. The van der Waals surface area contributed by atoms with Crippen molar-refractivity contribution >= 4 is 5.91 Å². The smallest absolute Gasteiger partial charge is 0.223 e. The lowest BCUT2D eigenvalue weighted by atomic mass is 9.84. The van der Waals surface area contributed by atoms with Gasteiger partial charge in [-0.25, -0.2) is 0 Å². The lowest BCUT2D eigenvalue weighted by molar-refractivity contribution is -0.153. The van der Waals surface area contributed by atoms with Gasteiger partial charge < -0.3 is 9.64 Å². The van der Waals surface area contributed by atoms with Crippen LogP contribution in [0.4, 0.5) is 0 Å². The number of hydrogen-bond donors (Lipinski definition) is 0. The van der Waals surface area contributed by atoms with Gasteiger partial charge in [-0.05, 0) is 45.1 Å². The predicted octanol–water partition coefficient (Wildman–Crippen LogP) is 4.15. The van der Waals surface area contributed by atoms with Crippen LogP contribution in [0, 0.1) is 12.8 Å². The molecule has 3 nitrogen and oxygen atoms in total. The Kier molecular flexibility index (Phi) is 5.51. The summed E-state index contributed by atoms with van der Waals surface area (Å²) in [6.07, 6.45) is 0.681. The maximum atomic E-state index is 13.0. The molecule has 0 N–H and O–H groups in total. The summed E-state index contributed by atoms with van der Waals surface area (Å²) in [5, 5.41) is 0. The molecule has 2 unspecified atom stereocenters. The average Bonchev–Trinajstić information content (AvgIpc) is 2.48. The normalized spacial score (nSPS) is 22.2. The van der Waals surface area contributed by atoms with E-state index in [1.54, 1.807) is 0 Å². The fourth-order valence-corrected chi connectivity index (χ4v) is 3.27. The van der Waals surface area contributed by atoms with Gasteiger partial charge in [-0.2, -0.15) is 0 Å². The van der Waals surface area contributed by atoms with E-state index in [4.69, 9.17) is 4.74 Å². The van der Waals surface area contributed by atoms with Crippen LogP contribution in [0.15, 0.2) is 24.3 Å². The van der Waals surface area contributed by atoms with Crippen LogP contribution in [0.5, 0.6) is 0 Å². The van der Waals surface area contributed by atoms with E-state index in [1.807, 2.05) is 11.8 Å². The highest BCUT2D eigenvalue weighted by Crippen LogP contribution is 2.31. The molecule has 1 amide bonds. The number of ether oxygens (including phenoxy) is 1. The molecule has 0 bridgehead atoms. The van der Waals surface area contributed by atoms with E-state index in [2.05, 4.69) is 58.9 Å². The van der Waals surface area contributed by atoms with Crippen molar-refractivity contribution in [1.29, 1.82) is 0 Å². The van der Waals surface area contributed by atoms with Crippen molar-refractivity contribution in [2.75, 3.05) is 13.2 Å². The Morgan fingerprint density at radius 1 is 1.30 bits per heavy atom. The zero-order valence-electron chi connectivity index (χ0n) is 15.4. The molecule has 128 valence electrons. The molecule has 3 heteroatoms. The van der Waals surface area contributed by atoms with Gasteiger partial charge in [0.15, 0.2) is 0 Å². The van der Waals surface area contributed by atoms with Crippen LogP contribution >= 0.6 is 0 Å². The number of benzene rings is 1. The third-order valence-corrected chi connectivity index (χ3v) is 4.90. The first-order valence-corrected chi connectivity index (χ1v) is 8.69. The molecule has 1 aromatic rings. The molecular weight excluding hydrogens is 286 g/mol. The Morgan fingerprint density at radius 3 is 2.48 bits per heavy atom. The number of morpholine rings is 1. The molecule has 0 radical (unpaired) electrons. The molecule has 0 spiro atoms. The van der Waals surface area contributed by atoms with Crippen LogP contribution in [0.25, 0.3) is 0 Å². The van der Waals surface area contributed by atoms with Gasteiger partial charge in [-0.3, -0.25) is 4.79 Å². The average molecular weight is 317 g/mol. The van der Waals surface area contributed by atoms with E-state index >= 15 is 0 Å². The third-order valence-electron chi connectivity index (χ3n) is 4.90. The molecule has 0 aromatic heterocycles. The summed E-state index contributed by atoms with van der Waals surface area (Å²) in [6.45, 7) is 14.0. The van der Waals surface area contributed by atoms with E-state index in [9.17, 15) is 4.79 Å². The monoisotopic (exact) mass is 317 g/mol. The van der Waals surface area contributed by atoms with E-state index in [0.717, 1.165) is 0 Å². The molecular formula is C20H31NO2. The summed E-state index contributed by atoms with van der Waals surface area (Å²) in [5.41, 5.74) is 2.29. The van der Waals surface area contributed by atoms with Gasteiger partial charge in [-0.15, -0.1) is 0 Å². The van der Waals surface area contributed by atoms with Gasteiger partial charge in [0.25, 0.3) is 0 Å². The Hall–Kier alpha value is -1.35. The lowest BCUT2D eigenvalue weighted by Crippen LogP contribution is -2.58. The van der Waals surface area contributed by atoms with Crippen LogP contribution in [0.3, 0.4) is 0 Å². The first kappa shape index (κ1) is 18.0. The van der Waals surface area contributed by atoms with Crippen LogP contribution in [0.1, 0.15) is 58.1 Å². The second-order valence-corrected chi connectivity index (χ2v) is 7.90. The van der Waals surface area contributed by atoms with Crippen LogP contribution in [-0.4, -0.2) is 35.6 Å². The van der Waals surface area contributed by atoms with Crippen LogP contribution in [-0.2, 0) is 9.53 Å². The van der Waals surface area contributed by atoms with Gasteiger partial charge in [-0.1, -0.05) is 43.7 Å². The largest absolute Gasteiger partial charge is 0.374 e. The van der Waals surface area contributed by atoms with Gasteiger partial charge in [0.1, 0.15) is 0 Å². The van der Waals surface area contributed by atoms with Crippen molar-refractivity contribution in [3.63, 3.8) is 0 Å². The first-order valence-electron chi connectivity index (χ1n) is 8.69. The SMILES string of the molecule is Cc1ccc(C(CC(=O)N2CC(C)OCC2(C)C)C(C)C)cc1. The number of hydrogen-bond acceptors (Lipinski definition) is 2. The summed E-state index contributed by atoms with van der Waals surface area (Å²) in [6, 6.07) is 8.60. The van der Waals surface area contributed by atoms with Gasteiger partial charge in [0, 0.05) is 13.0 Å². The Morgan fingerprint density at radius 2 is 1.91 bits per heavy atom. The standard InChI is InChI=1S/C20H31NO2/c1-14(2)18(17-9-7-15(3)8-10-17)11-19(22)21-12-16(4)23-13-20(21,5)6/h7-10,14,16,18H,11-13H2,1-6H3. The van der Waals surface area contributed by atoms with Crippen molar-refractivity contribution in [3.05, 3.63) is 35.4 Å². The lowest BCUT2D eigenvalue weighted by Gasteiger charge is -2.45. The summed E-state index contributed by atoms with van der Waals surface area (Å²) in [5.74, 6) is 0.935. The molecule has 1 saturated heterocycles. The highest BCUT2D eigenvalue weighted by molar-refractivity contribution is 5.78. The second-order valence-electron chi connectivity index (χ2n) is 7.90. The fraction of sp³-hybridized carbons (Fsp3) is 0.650. The van der Waals surface area contributed by atoms with Gasteiger partial charge in [0.2, 0.25) is 5.91 Å². The number of aryl methyl sites for hydroxylation is 1. The maximum Gasteiger partial charge on any atom is 0.223 e. The fourth-order valence-electron chi connectivity index (χ4n) is 3.27. The molecule has 2 rings (SSSR count). The molecule has 23 heavy (non-hydrogen) atoms. The summed E-state index contributed by atoms with van der Waals surface area (Å²) in [7, 11) is 0. The molecule has 1 aliphatic rings. The summed E-state index contributed by atoms with van der Waals surface area (Å²) >= 11 is 0. The minimum atomic E-state index is -0.224. The van der Waals surface area contributed by atoms with E-state index in [-0.39, 0.29) is 23.5 Å². The molecule has 0 saturated carbocycles. The zero-order chi connectivity index (χ0) is 17.2. The van der Waals surface area contributed by atoms with Gasteiger partial charge in [0.05, 0.1) is 18.2 Å². The minimum absolute atomic E-state index is 0.115. The predicted molar refractivity (Wildman–Crippen MR) is 94.6 cm³/mol. The van der Waals surface area contributed by atoms with Crippen molar-refractivity contribution < 1.29 is 9.53 Å². The summed E-state index contributed by atoms with van der Waals surface area (Å²) < 4.78 is 5.73. The van der Waals surface area contributed by atoms with Crippen LogP contribution < -0.4 is 0 Å². The number of nitrogens with zero attached hydrogens (tertiary/aromatic N) is 1. The van der Waals surface area contributed by atoms with E-state index < -0.39 is 0 Å². The second kappa shape index (κ2) is 7.04. The molecule has 1 aliphatic heterocycles. The Labute approximate surface area is 141 Å². The highest BCUT2D eigenvalue weighted by Gasteiger charge is 2.37. The Bertz CT molecular complexity index is 533. The third kappa shape index (κ3) is 4.35. The number of carbonyl (C=O) groups is 1. The first-order chi connectivity index (χ1) is 10.7. The van der Waals surface area contributed by atoms with Crippen LogP contribution in [0.2, 0.25) is 0 Å². The van der Waals surface area contributed by atoms with Gasteiger partial charge >= 0.3 is 0 Å². The van der Waals surface area contributed by atoms with Crippen molar-refractivity contribution in [3.8, 4) is 0 Å². The molecule has 1 heterocycles. The van der Waals surface area contributed by atoms with Crippen molar-refractivity contribution in [2.24, 2.45) is 5.92 Å². The molecule has 1 fully saturated rings. The van der Waals surface area contributed by atoms with Crippen molar-refractivity contribution in [2.45, 2.75) is 65.5 Å². The molecule has 2 atom stereocenters.